The molecule has 0 radical (unpaired) electrons. The standard InChI is InChI=1S/C29H24N2O5S/c1-3-36-28(34)24-25(18-9-5-4-6-10-18)30-29-31(26(24)19-13-15-21(35-2)16-14-19)27(33)23(37-29)17-20-11-7-8-12-22(20)32/h4-17,26,32H,3H2,1-2H3/b23-17+/t26-/m1/s1. The molecule has 0 unspecified atom stereocenters. The van der Waals surface area contributed by atoms with Gasteiger partial charge in [-0.1, -0.05) is 72.0 Å². The number of phenols is 1. The van der Waals surface area contributed by atoms with Crippen molar-refractivity contribution in [1.82, 2.24) is 4.57 Å². The molecule has 0 fully saturated rings. The molecule has 0 saturated carbocycles. The molecule has 1 atom stereocenters. The second-order valence-electron chi connectivity index (χ2n) is 8.26. The summed E-state index contributed by atoms with van der Waals surface area (Å²) in [7, 11) is 1.58. The highest BCUT2D eigenvalue weighted by Crippen LogP contribution is 2.35. The number of hydrogen-bond acceptors (Lipinski definition) is 7. The minimum Gasteiger partial charge on any atom is -0.507 e. The first-order valence-corrected chi connectivity index (χ1v) is 12.5. The number of methoxy groups -OCH3 is 1. The fourth-order valence-electron chi connectivity index (χ4n) is 4.29. The van der Waals surface area contributed by atoms with Gasteiger partial charge in [-0.15, -0.1) is 0 Å². The Bertz CT molecular complexity index is 1670. The Morgan fingerprint density at radius 2 is 1.76 bits per heavy atom. The van der Waals surface area contributed by atoms with E-state index in [1.54, 1.807) is 56.5 Å². The van der Waals surface area contributed by atoms with Crippen LogP contribution in [0.1, 0.15) is 29.7 Å². The first kappa shape index (κ1) is 24.3. The Morgan fingerprint density at radius 1 is 1.05 bits per heavy atom. The molecule has 3 aromatic carbocycles. The molecule has 8 heteroatoms. The minimum absolute atomic E-state index is 0.0669. The molecule has 0 bridgehead atoms. The van der Waals surface area contributed by atoms with Crippen LogP contribution >= 0.6 is 11.3 Å². The van der Waals surface area contributed by atoms with E-state index in [0.29, 0.717) is 31.9 Å². The molecule has 1 N–H and O–H groups in total. The number of thiazole rings is 1. The molecule has 37 heavy (non-hydrogen) atoms. The fourth-order valence-corrected chi connectivity index (χ4v) is 5.28. The number of hydrogen-bond donors (Lipinski definition) is 1. The van der Waals surface area contributed by atoms with Gasteiger partial charge in [0.25, 0.3) is 5.56 Å². The highest BCUT2D eigenvalue weighted by molar-refractivity contribution is 7.07. The number of ether oxygens (including phenoxy) is 2. The number of benzene rings is 3. The zero-order chi connectivity index (χ0) is 25.9. The van der Waals surface area contributed by atoms with Gasteiger partial charge in [0, 0.05) is 11.1 Å². The van der Waals surface area contributed by atoms with Crippen molar-refractivity contribution in [2.75, 3.05) is 13.7 Å². The van der Waals surface area contributed by atoms with Gasteiger partial charge in [-0.3, -0.25) is 9.36 Å². The van der Waals surface area contributed by atoms with Gasteiger partial charge in [0.1, 0.15) is 11.5 Å². The van der Waals surface area contributed by atoms with Crippen LogP contribution in [-0.4, -0.2) is 29.4 Å². The molecule has 4 aromatic rings. The number of aromatic nitrogens is 1. The van der Waals surface area contributed by atoms with Crippen molar-refractivity contribution >= 4 is 29.1 Å². The Morgan fingerprint density at radius 3 is 2.43 bits per heavy atom. The topological polar surface area (TPSA) is 90.1 Å². The number of para-hydroxylation sites is 1. The van der Waals surface area contributed by atoms with Gasteiger partial charge in [0.15, 0.2) is 4.80 Å². The van der Waals surface area contributed by atoms with Crippen molar-refractivity contribution in [3.63, 3.8) is 0 Å². The average Bonchev–Trinajstić information content (AvgIpc) is 3.24. The number of aromatic hydroxyl groups is 1. The normalized spacial score (nSPS) is 15.2. The first-order chi connectivity index (χ1) is 18.0. The maximum absolute atomic E-state index is 13.8. The third-order valence-corrected chi connectivity index (χ3v) is 7.01. The highest BCUT2D eigenvalue weighted by Gasteiger charge is 2.35. The lowest BCUT2D eigenvalue weighted by molar-refractivity contribution is -0.138. The largest absolute Gasteiger partial charge is 0.507 e. The lowest BCUT2D eigenvalue weighted by Crippen LogP contribution is -2.40. The summed E-state index contributed by atoms with van der Waals surface area (Å²) in [5.74, 6) is 0.179. The van der Waals surface area contributed by atoms with E-state index in [-0.39, 0.29) is 23.5 Å². The fraction of sp³-hybridized carbons (Fsp3) is 0.138. The van der Waals surface area contributed by atoms with Gasteiger partial charge in [-0.2, -0.15) is 0 Å². The van der Waals surface area contributed by atoms with E-state index in [1.165, 1.54) is 15.9 Å². The van der Waals surface area contributed by atoms with Crippen molar-refractivity contribution in [2.45, 2.75) is 13.0 Å². The summed E-state index contributed by atoms with van der Waals surface area (Å²) in [5.41, 5.74) is 2.38. The molecule has 186 valence electrons. The Hall–Kier alpha value is -4.43. The summed E-state index contributed by atoms with van der Waals surface area (Å²) in [6.07, 6.45) is 1.64. The molecule has 2 heterocycles. The number of carbonyl (C=O) groups is 1. The van der Waals surface area contributed by atoms with Crippen LogP contribution in [0.15, 0.2) is 94.2 Å². The monoisotopic (exact) mass is 512 g/mol. The molecule has 0 amide bonds. The van der Waals surface area contributed by atoms with E-state index in [0.717, 1.165) is 5.56 Å². The van der Waals surface area contributed by atoms with E-state index < -0.39 is 12.0 Å². The maximum Gasteiger partial charge on any atom is 0.338 e. The van der Waals surface area contributed by atoms with Crippen LogP contribution < -0.4 is 19.6 Å². The Balaban J connectivity index is 1.83. The summed E-state index contributed by atoms with van der Waals surface area (Å²) >= 11 is 1.20. The molecule has 0 spiro atoms. The van der Waals surface area contributed by atoms with Crippen molar-refractivity contribution in [1.29, 1.82) is 0 Å². The summed E-state index contributed by atoms with van der Waals surface area (Å²) in [6.45, 7) is 1.92. The lowest BCUT2D eigenvalue weighted by atomic mass is 9.93. The van der Waals surface area contributed by atoms with Gasteiger partial charge in [0.05, 0.1) is 35.6 Å². The Kier molecular flexibility index (Phi) is 6.74. The highest BCUT2D eigenvalue weighted by atomic mass is 32.1. The van der Waals surface area contributed by atoms with Crippen LogP contribution in [0, 0.1) is 0 Å². The van der Waals surface area contributed by atoms with Crippen molar-refractivity contribution in [3.8, 4) is 11.5 Å². The molecule has 1 aliphatic heterocycles. The molecule has 1 aromatic heterocycles. The number of fused-ring (bicyclic) bond motifs is 1. The van der Waals surface area contributed by atoms with E-state index in [1.807, 2.05) is 42.5 Å². The van der Waals surface area contributed by atoms with Crippen molar-refractivity contribution < 1.29 is 19.4 Å². The van der Waals surface area contributed by atoms with Gasteiger partial charge < -0.3 is 14.6 Å². The third-order valence-electron chi connectivity index (χ3n) is 6.03. The lowest BCUT2D eigenvalue weighted by Gasteiger charge is -2.26. The van der Waals surface area contributed by atoms with Crippen LogP contribution in [0.5, 0.6) is 11.5 Å². The van der Waals surface area contributed by atoms with Crippen molar-refractivity contribution in [3.05, 3.63) is 121 Å². The number of phenolic OH excluding ortho intramolecular Hbond substituents is 1. The molecule has 5 rings (SSSR count). The predicted molar refractivity (Wildman–Crippen MR) is 142 cm³/mol. The van der Waals surface area contributed by atoms with Crippen LogP contribution in [0.3, 0.4) is 0 Å². The van der Waals surface area contributed by atoms with Gasteiger partial charge in [-0.25, -0.2) is 9.79 Å². The number of nitrogens with zero attached hydrogens (tertiary/aromatic N) is 2. The SMILES string of the molecule is CCOC(=O)C1=C(c2ccccc2)N=c2s/c(=C/c3ccccc3O)c(=O)n2[C@@H]1c1ccc(OC)cc1. The van der Waals surface area contributed by atoms with Crippen molar-refractivity contribution in [2.24, 2.45) is 4.99 Å². The van der Waals surface area contributed by atoms with E-state index in [9.17, 15) is 14.7 Å². The minimum atomic E-state index is -0.775. The van der Waals surface area contributed by atoms with E-state index in [4.69, 9.17) is 14.5 Å². The average molecular weight is 513 g/mol. The van der Waals surface area contributed by atoms with Crippen LogP contribution in [-0.2, 0) is 9.53 Å². The maximum atomic E-state index is 13.8. The van der Waals surface area contributed by atoms with Gasteiger partial charge >= 0.3 is 5.97 Å². The van der Waals surface area contributed by atoms with Crippen LogP contribution in [0.25, 0.3) is 11.8 Å². The van der Waals surface area contributed by atoms with Gasteiger partial charge in [-0.05, 0) is 36.8 Å². The van der Waals surface area contributed by atoms with Crippen LogP contribution in [0.4, 0.5) is 0 Å². The first-order valence-electron chi connectivity index (χ1n) is 11.7. The second-order valence-corrected chi connectivity index (χ2v) is 9.27. The predicted octanol–water partition coefficient (Wildman–Crippen LogP) is 3.65. The zero-order valence-electron chi connectivity index (χ0n) is 20.3. The second kappa shape index (κ2) is 10.3. The third kappa shape index (κ3) is 4.59. The molecule has 7 nitrogen and oxygen atoms in total. The number of rotatable bonds is 6. The molecule has 0 aliphatic carbocycles. The van der Waals surface area contributed by atoms with Crippen LogP contribution in [0.2, 0.25) is 0 Å². The number of esters is 1. The number of carbonyl (C=O) groups excluding carboxylic acids is 1. The molecular weight excluding hydrogens is 488 g/mol. The van der Waals surface area contributed by atoms with E-state index in [2.05, 4.69) is 0 Å². The van der Waals surface area contributed by atoms with Gasteiger partial charge in [0.2, 0.25) is 0 Å². The molecule has 0 saturated heterocycles. The smallest absolute Gasteiger partial charge is 0.338 e. The van der Waals surface area contributed by atoms with E-state index >= 15 is 0 Å². The quantitative estimate of drug-likeness (QED) is 0.399. The molecular formula is C29H24N2O5S. The summed E-state index contributed by atoms with van der Waals surface area (Å²) in [4.78, 5) is 32.5. The summed E-state index contributed by atoms with van der Waals surface area (Å²) in [5, 5.41) is 10.3. The summed E-state index contributed by atoms with van der Waals surface area (Å²) in [6, 6.07) is 22.6. The summed E-state index contributed by atoms with van der Waals surface area (Å²) < 4.78 is 12.7. The Labute approximate surface area is 216 Å². The molecule has 1 aliphatic rings. The zero-order valence-corrected chi connectivity index (χ0v) is 21.1.